The van der Waals surface area contributed by atoms with E-state index in [1.54, 1.807) is 93.7 Å². The molecular weight excluding hydrogens is 1430 g/mol. The van der Waals surface area contributed by atoms with E-state index in [0.29, 0.717) is 0 Å². The maximum atomic E-state index is 15.3. The van der Waals surface area contributed by atoms with Crippen LogP contribution >= 0.6 is 0 Å². The number of hydrogen-bond acceptors (Lipinski definition) is 30. The molecule has 32 heteroatoms. The monoisotopic (exact) mass is 1540 g/mol. The average Bonchev–Trinajstić information content (AvgIpc) is 1.71. The maximum absolute atomic E-state index is 15.3. The zero-order valence-corrected chi connectivity index (χ0v) is 61.2. The Hall–Kier alpha value is -6.17. The van der Waals surface area contributed by atoms with E-state index >= 15 is 4.79 Å². The second kappa shape index (κ2) is 42.1. The number of carbonyl (C=O) groups excluding carboxylic acids is 3. The molecule has 1 aliphatic carbocycles. The first-order chi connectivity index (χ1) is 51.9. The first-order valence-electron chi connectivity index (χ1n) is 36.9. The van der Waals surface area contributed by atoms with E-state index in [2.05, 4.69) is 10.6 Å². The summed E-state index contributed by atoms with van der Waals surface area (Å²) in [5.41, 5.74) is 3.76. The molecular formula is C77H110N2O30. The minimum atomic E-state index is -2.63. The Kier molecular flexibility index (Phi) is 34.1. The molecule has 32 nitrogen and oxygen atoms in total. The number of allylic oxidation sites excluding steroid dienone is 12. The summed E-state index contributed by atoms with van der Waals surface area (Å²) in [6.07, 6.45) is -21.2. The lowest BCUT2D eigenvalue weighted by Gasteiger charge is -2.46. The molecule has 0 saturated carbocycles. The molecule has 5 aliphatic heterocycles. The highest BCUT2D eigenvalue weighted by Crippen LogP contribution is 2.45. The van der Waals surface area contributed by atoms with Gasteiger partial charge in [-0.25, -0.2) is 4.79 Å². The summed E-state index contributed by atoms with van der Waals surface area (Å²) in [6, 6.07) is 12.2. The topological polar surface area (TPSA) is 522 Å². The van der Waals surface area contributed by atoms with Crippen molar-refractivity contribution in [2.75, 3.05) is 33.0 Å². The zero-order valence-electron chi connectivity index (χ0n) is 61.2. The molecule has 6 aliphatic rings. The second-order valence-electron chi connectivity index (χ2n) is 28.9. The zero-order chi connectivity index (χ0) is 79.4. The summed E-state index contributed by atoms with van der Waals surface area (Å²) in [4.78, 5) is 42.0. The van der Waals surface area contributed by atoms with Crippen molar-refractivity contribution in [2.45, 2.75) is 250 Å². The number of aliphatic hydroxyl groups is 18. The highest BCUT2D eigenvalue weighted by Gasteiger charge is 2.53. The van der Waals surface area contributed by atoms with E-state index in [0.717, 1.165) is 22.3 Å². The molecule has 2 bridgehead atoms. The number of amides is 2. The fraction of sp³-hybridized carbons (Fsp3) is 0.623. The van der Waals surface area contributed by atoms with Crippen molar-refractivity contribution in [3.63, 3.8) is 0 Å². The largest absolute Gasteiger partial charge is 0.462 e. The molecule has 608 valence electrons. The van der Waals surface area contributed by atoms with Gasteiger partial charge in [-0.3, -0.25) is 9.59 Å². The Bertz CT molecular complexity index is 3300. The molecule has 8 rings (SSSR count). The normalized spacial score (nSPS) is 40.8. The van der Waals surface area contributed by atoms with Gasteiger partial charge >= 0.3 is 12.1 Å². The van der Waals surface area contributed by atoms with Crippen molar-refractivity contribution in [2.24, 2.45) is 17.8 Å². The van der Waals surface area contributed by atoms with E-state index in [1.165, 1.54) is 19.1 Å². The third kappa shape index (κ3) is 24.4. The van der Waals surface area contributed by atoms with Crippen LogP contribution in [0.5, 0.6) is 0 Å². The Balaban J connectivity index is 1.10. The van der Waals surface area contributed by atoms with Gasteiger partial charge in [-0.1, -0.05) is 147 Å². The fourth-order valence-electron chi connectivity index (χ4n) is 14.2. The van der Waals surface area contributed by atoms with Crippen molar-refractivity contribution in [3.05, 3.63) is 145 Å². The summed E-state index contributed by atoms with van der Waals surface area (Å²) < 4.78 is 53.0. The molecule has 0 aromatic heterocycles. The van der Waals surface area contributed by atoms with Crippen molar-refractivity contribution in [3.8, 4) is 11.1 Å². The minimum absolute atomic E-state index is 0.138. The van der Waals surface area contributed by atoms with Crippen LogP contribution in [-0.2, 0) is 52.2 Å². The van der Waals surface area contributed by atoms with Crippen LogP contribution in [0, 0.1) is 17.8 Å². The number of hydrogen-bond donors (Lipinski definition) is 20. The number of carbonyl (C=O) groups is 3. The lowest BCUT2D eigenvalue weighted by Crippen LogP contribution is -2.64. The van der Waals surface area contributed by atoms with Gasteiger partial charge in [0.25, 0.3) is 0 Å². The number of esters is 1. The summed E-state index contributed by atoms with van der Waals surface area (Å²) in [5.74, 6) is -7.65. The van der Waals surface area contributed by atoms with E-state index in [1.807, 2.05) is 48.5 Å². The molecule has 4 fully saturated rings. The van der Waals surface area contributed by atoms with Gasteiger partial charge in [0.15, 0.2) is 24.7 Å². The molecule has 2 aromatic carbocycles. The van der Waals surface area contributed by atoms with Crippen LogP contribution in [0.25, 0.3) is 11.1 Å². The van der Waals surface area contributed by atoms with Crippen molar-refractivity contribution in [1.29, 1.82) is 0 Å². The number of benzene rings is 2. The van der Waals surface area contributed by atoms with Gasteiger partial charge in [-0.05, 0) is 55.4 Å². The lowest BCUT2D eigenvalue weighted by atomic mass is 9.82. The smallest absolute Gasteiger partial charge is 0.407 e. The quantitative estimate of drug-likeness (QED) is 0.0886. The van der Waals surface area contributed by atoms with Crippen LogP contribution in [0.15, 0.2) is 134 Å². The molecule has 20 N–H and O–H groups in total. The molecule has 4 saturated heterocycles. The number of rotatable bonds is 15. The van der Waals surface area contributed by atoms with Gasteiger partial charge < -0.3 is 145 Å². The van der Waals surface area contributed by atoms with E-state index in [4.69, 9.17) is 42.6 Å². The van der Waals surface area contributed by atoms with Crippen molar-refractivity contribution in [1.82, 2.24) is 10.6 Å². The predicted molar refractivity (Wildman–Crippen MR) is 385 cm³/mol. The van der Waals surface area contributed by atoms with Crippen LogP contribution in [-0.4, -0.2) is 308 Å². The van der Waals surface area contributed by atoms with Gasteiger partial charge in [-0.2, -0.15) is 0 Å². The van der Waals surface area contributed by atoms with Gasteiger partial charge in [-0.15, -0.1) is 0 Å². The van der Waals surface area contributed by atoms with Crippen LogP contribution in [0.3, 0.4) is 0 Å². The lowest BCUT2D eigenvalue weighted by molar-refractivity contribution is -0.311. The van der Waals surface area contributed by atoms with Crippen LogP contribution in [0.4, 0.5) is 4.79 Å². The number of nitrogens with one attached hydrogen (secondary N) is 2. The SMILES string of the molecule is C[C@@H]1[C@H](O)[C@@H](C)/C=C/C=C/C=C/C=C/C=C/C=C/C=C/[C@H](O[C@@H]2O[C@H](C)[C@@H](O)[C@H](NC(=O)OCC3c4ccccc4-c4ccccc43)[C@@H]2O)C[C@@H]2O[C@](O)(C[C@@H](O)C[C@@H](O)[C@H](O)CC[C@@H](O)C[C@@H](O)CC(=O)O[C@H]1C)C[C@H](O)[C@H]2C(=O)NC(CO[C@H]1O[C@H](CO)[C@@H](O)[C@H](O)[C@@H]1O)CO[C@H]1O[C@H](CO)[C@@H](O)[C@H](O)[C@@H]1O. The third-order valence-corrected chi connectivity index (χ3v) is 20.6. The fourth-order valence-corrected chi connectivity index (χ4v) is 14.2. The molecule has 0 unspecified atom stereocenters. The van der Waals surface area contributed by atoms with Gasteiger partial charge in [0, 0.05) is 43.4 Å². The molecule has 5 heterocycles. The van der Waals surface area contributed by atoms with Crippen molar-refractivity contribution < 1.29 is 149 Å². The summed E-state index contributed by atoms with van der Waals surface area (Å²) in [7, 11) is 0. The number of cyclic esters (lactones) is 1. The molecule has 0 radical (unpaired) electrons. The van der Waals surface area contributed by atoms with E-state index < -0.39 is 253 Å². The van der Waals surface area contributed by atoms with E-state index in [-0.39, 0.29) is 37.7 Å². The molecule has 29 atom stereocenters. The summed E-state index contributed by atoms with van der Waals surface area (Å²) in [6.45, 7) is 3.13. The Morgan fingerprint density at radius 2 is 1.07 bits per heavy atom. The number of fused-ring (bicyclic) bond motifs is 5. The molecule has 0 spiro atoms. The second-order valence-corrected chi connectivity index (χ2v) is 28.9. The molecule has 2 aromatic rings. The standard InChI is InChI=1S/C77H110N2O30/c1-40-21-15-13-11-9-7-5-6-8-10-12-14-16-22-48(106-75-67(93)62(64(90)43(4)105-75)79-76(99)103-39-53-51-25-19-17-23-49(51)50-24-18-20-26-52(50)53)32-57-61(72(98)78-44(37-101-73-70(96)68(94)65(91)58(35-80)107-73)38-102-74-71(97)69(95)66(92)59(36-81)108-74)56(87)34-77(100,109-57)33-47(84)30-55(86)54(85)28-27-45(82)29-46(83)31-60(88)104-42(3)41(2)63(40)89/h5-26,40-48,53-59,61-71,73-75,80-87,89-97,100H,27-39H2,1-4H3,(H,78,98)(H,79,99)/b6-5+,9-7+,10-8+,13-11+,14-12+,21-15+,22-16+/t40-,41-,42-,43+,45+,46+,47-,48-,54+,55+,56-,57-,58+,59+,61+,62-,63+,64+,65+,66+,67-,68-,69-,70-,71-,73-,74-,75-,77+/m0/s1. The highest BCUT2D eigenvalue weighted by molar-refractivity contribution is 5.81. The molecule has 109 heavy (non-hydrogen) atoms. The number of aliphatic hydroxyl groups excluding tert-OH is 17. The summed E-state index contributed by atoms with van der Waals surface area (Å²) in [5, 5.41) is 205. The first kappa shape index (κ1) is 88.4. The summed E-state index contributed by atoms with van der Waals surface area (Å²) >= 11 is 0. The number of ether oxygens (including phenoxy) is 9. The van der Waals surface area contributed by atoms with Gasteiger partial charge in [0.05, 0.1) is 112 Å². The van der Waals surface area contributed by atoms with Gasteiger partial charge in [0.1, 0.15) is 73.8 Å². The van der Waals surface area contributed by atoms with Crippen LogP contribution in [0.2, 0.25) is 0 Å². The first-order valence-corrected chi connectivity index (χ1v) is 36.9. The average molecular weight is 1540 g/mol. The van der Waals surface area contributed by atoms with E-state index in [9.17, 15) is 102 Å². The van der Waals surface area contributed by atoms with Crippen molar-refractivity contribution >= 4 is 18.0 Å². The number of alkyl carbamates (subject to hydrolysis) is 1. The maximum Gasteiger partial charge on any atom is 0.407 e. The Morgan fingerprint density at radius 1 is 0.541 bits per heavy atom. The third-order valence-electron chi connectivity index (χ3n) is 20.6. The Labute approximate surface area is 631 Å². The molecule has 2 amide bonds. The highest BCUT2D eigenvalue weighted by atomic mass is 16.7. The Morgan fingerprint density at radius 3 is 1.62 bits per heavy atom. The minimum Gasteiger partial charge on any atom is -0.462 e. The van der Waals surface area contributed by atoms with Crippen LogP contribution < -0.4 is 10.6 Å². The van der Waals surface area contributed by atoms with Crippen LogP contribution in [0.1, 0.15) is 96.1 Å². The van der Waals surface area contributed by atoms with Gasteiger partial charge in [0.2, 0.25) is 5.91 Å². The predicted octanol–water partition coefficient (Wildman–Crippen LogP) is -1.68.